The first-order valence-electron chi connectivity index (χ1n) is 7.46. The third kappa shape index (κ3) is 3.41. The summed E-state index contributed by atoms with van der Waals surface area (Å²) in [6.45, 7) is 3.70. The second kappa shape index (κ2) is 6.91. The van der Waals surface area contributed by atoms with Crippen LogP contribution in [-0.2, 0) is 9.53 Å². The van der Waals surface area contributed by atoms with E-state index in [9.17, 15) is 4.79 Å². The van der Waals surface area contributed by atoms with Crippen molar-refractivity contribution in [3.63, 3.8) is 0 Å². The number of amides is 1. The number of nitrogens with one attached hydrogen (secondary N) is 1. The molecule has 1 N–H and O–H groups in total. The van der Waals surface area contributed by atoms with E-state index in [0.29, 0.717) is 24.0 Å². The Morgan fingerprint density at radius 3 is 2.79 bits per heavy atom. The summed E-state index contributed by atoms with van der Waals surface area (Å²) >= 11 is 0. The molecular formula is C14H25ClN2O2. The Bertz CT molecular complexity index is 308. The Balaban J connectivity index is 0.00000133. The summed E-state index contributed by atoms with van der Waals surface area (Å²) in [6.07, 6.45) is 6.89. The molecule has 3 rings (SSSR count). The highest BCUT2D eigenvalue weighted by Gasteiger charge is 2.38. The normalized spacial score (nSPS) is 31.7. The van der Waals surface area contributed by atoms with Crippen LogP contribution in [0.5, 0.6) is 0 Å². The highest BCUT2D eigenvalue weighted by atomic mass is 35.5. The van der Waals surface area contributed by atoms with Crippen LogP contribution in [0.4, 0.5) is 0 Å². The van der Waals surface area contributed by atoms with Gasteiger partial charge in [0.05, 0.1) is 18.8 Å². The maximum atomic E-state index is 12.5. The monoisotopic (exact) mass is 288 g/mol. The zero-order chi connectivity index (χ0) is 12.4. The SMILES string of the molecule is Cl.O=C(CC1CCNCC1)N1CCOC2CCCC21. The summed E-state index contributed by atoms with van der Waals surface area (Å²) in [5, 5.41) is 3.36. The lowest BCUT2D eigenvalue weighted by Gasteiger charge is -2.38. The molecule has 0 aromatic rings. The summed E-state index contributed by atoms with van der Waals surface area (Å²) < 4.78 is 5.77. The van der Waals surface area contributed by atoms with Crippen molar-refractivity contribution in [2.45, 2.75) is 50.7 Å². The Morgan fingerprint density at radius 1 is 1.21 bits per heavy atom. The van der Waals surface area contributed by atoms with Gasteiger partial charge >= 0.3 is 0 Å². The van der Waals surface area contributed by atoms with Crippen LogP contribution in [0.3, 0.4) is 0 Å². The third-order valence-corrected chi connectivity index (χ3v) is 4.72. The summed E-state index contributed by atoms with van der Waals surface area (Å²) in [5.74, 6) is 0.976. The Hall–Kier alpha value is -0.320. The van der Waals surface area contributed by atoms with Crippen molar-refractivity contribution in [1.29, 1.82) is 0 Å². The van der Waals surface area contributed by atoms with Crippen molar-refractivity contribution in [2.24, 2.45) is 5.92 Å². The second-order valence-electron chi connectivity index (χ2n) is 5.89. The standard InChI is InChI=1S/C14H24N2O2.ClH/c17-14(10-11-4-6-15-7-5-11)16-8-9-18-13-3-1-2-12(13)16;/h11-13,15H,1-10H2;1H. The molecule has 0 radical (unpaired) electrons. The average molecular weight is 289 g/mol. The predicted octanol–water partition coefficient (Wildman–Crippen LogP) is 1.58. The van der Waals surface area contributed by atoms with E-state index in [2.05, 4.69) is 10.2 Å². The Kier molecular flexibility index (Phi) is 5.48. The lowest BCUT2D eigenvalue weighted by molar-refractivity contribution is -0.145. The van der Waals surface area contributed by atoms with Crippen molar-refractivity contribution in [3.05, 3.63) is 0 Å². The maximum absolute atomic E-state index is 12.5. The molecule has 4 nitrogen and oxygen atoms in total. The number of morpholine rings is 1. The molecule has 1 aliphatic carbocycles. The number of hydrogen-bond acceptors (Lipinski definition) is 3. The molecule has 3 fully saturated rings. The number of fused-ring (bicyclic) bond motifs is 1. The van der Waals surface area contributed by atoms with E-state index in [0.717, 1.165) is 58.3 Å². The van der Waals surface area contributed by atoms with Crippen molar-refractivity contribution in [2.75, 3.05) is 26.2 Å². The number of carbonyl (C=O) groups is 1. The minimum Gasteiger partial charge on any atom is -0.374 e. The molecule has 2 heterocycles. The van der Waals surface area contributed by atoms with Gasteiger partial charge in [0.1, 0.15) is 0 Å². The van der Waals surface area contributed by atoms with Gasteiger partial charge in [-0.25, -0.2) is 0 Å². The molecule has 5 heteroatoms. The van der Waals surface area contributed by atoms with Gasteiger partial charge in [-0.1, -0.05) is 0 Å². The van der Waals surface area contributed by atoms with Gasteiger partial charge in [-0.3, -0.25) is 4.79 Å². The maximum Gasteiger partial charge on any atom is 0.223 e. The minimum atomic E-state index is 0. The Morgan fingerprint density at radius 2 is 2.00 bits per heavy atom. The van der Waals surface area contributed by atoms with Crippen LogP contribution in [0, 0.1) is 5.92 Å². The van der Waals surface area contributed by atoms with Gasteiger partial charge in [0.25, 0.3) is 0 Å². The molecule has 0 spiro atoms. The molecule has 0 bridgehead atoms. The lowest BCUT2D eigenvalue weighted by Crippen LogP contribution is -2.51. The van der Waals surface area contributed by atoms with Gasteiger partial charge in [0.2, 0.25) is 5.91 Å². The molecule has 2 saturated heterocycles. The smallest absolute Gasteiger partial charge is 0.223 e. The van der Waals surface area contributed by atoms with Crippen molar-refractivity contribution >= 4 is 18.3 Å². The average Bonchev–Trinajstić information content (AvgIpc) is 2.87. The summed E-state index contributed by atoms with van der Waals surface area (Å²) in [7, 11) is 0. The zero-order valence-electron chi connectivity index (χ0n) is 11.5. The molecule has 2 atom stereocenters. The van der Waals surface area contributed by atoms with Crippen LogP contribution in [-0.4, -0.2) is 49.2 Å². The number of nitrogens with zero attached hydrogens (tertiary/aromatic N) is 1. The van der Waals surface area contributed by atoms with E-state index in [1.54, 1.807) is 0 Å². The van der Waals surface area contributed by atoms with E-state index >= 15 is 0 Å². The van der Waals surface area contributed by atoms with Crippen molar-refractivity contribution in [3.8, 4) is 0 Å². The highest BCUT2D eigenvalue weighted by molar-refractivity contribution is 5.85. The quantitative estimate of drug-likeness (QED) is 0.839. The van der Waals surface area contributed by atoms with E-state index in [-0.39, 0.29) is 12.4 Å². The Labute approximate surface area is 121 Å². The lowest BCUT2D eigenvalue weighted by atomic mass is 9.93. The first-order valence-corrected chi connectivity index (χ1v) is 7.46. The van der Waals surface area contributed by atoms with Crippen LogP contribution < -0.4 is 5.32 Å². The zero-order valence-corrected chi connectivity index (χ0v) is 12.3. The minimum absolute atomic E-state index is 0. The molecule has 2 unspecified atom stereocenters. The van der Waals surface area contributed by atoms with Crippen molar-refractivity contribution in [1.82, 2.24) is 10.2 Å². The highest BCUT2D eigenvalue weighted by Crippen LogP contribution is 2.31. The topological polar surface area (TPSA) is 41.6 Å². The second-order valence-corrected chi connectivity index (χ2v) is 5.89. The van der Waals surface area contributed by atoms with Gasteiger partial charge < -0.3 is 15.0 Å². The fourth-order valence-corrected chi connectivity index (χ4v) is 3.69. The largest absolute Gasteiger partial charge is 0.374 e. The predicted molar refractivity (Wildman–Crippen MR) is 76.6 cm³/mol. The van der Waals surface area contributed by atoms with E-state index in [4.69, 9.17) is 4.74 Å². The van der Waals surface area contributed by atoms with Crippen LogP contribution in [0.2, 0.25) is 0 Å². The van der Waals surface area contributed by atoms with Crippen LogP contribution in [0.25, 0.3) is 0 Å². The van der Waals surface area contributed by atoms with E-state index in [1.165, 1.54) is 6.42 Å². The van der Waals surface area contributed by atoms with Gasteiger partial charge in [-0.05, 0) is 51.1 Å². The molecule has 110 valence electrons. The molecule has 0 aromatic heterocycles. The van der Waals surface area contributed by atoms with Gasteiger partial charge in [0, 0.05) is 13.0 Å². The molecule has 1 saturated carbocycles. The van der Waals surface area contributed by atoms with E-state index < -0.39 is 0 Å². The molecule has 0 aromatic carbocycles. The van der Waals surface area contributed by atoms with Gasteiger partial charge in [-0.15, -0.1) is 12.4 Å². The number of hydrogen-bond donors (Lipinski definition) is 1. The van der Waals surface area contributed by atoms with Gasteiger partial charge in [0.15, 0.2) is 0 Å². The number of rotatable bonds is 2. The van der Waals surface area contributed by atoms with Crippen LogP contribution >= 0.6 is 12.4 Å². The molecule has 3 aliphatic rings. The number of halogens is 1. The van der Waals surface area contributed by atoms with Crippen LogP contribution in [0.1, 0.15) is 38.5 Å². The first kappa shape index (κ1) is 15.1. The third-order valence-electron chi connectivity index (χ3n) is 4.72. The van der Waals surface area contributed by atoms with Crippen molar-refractivity contribution < 1.29 is 9.53 Å². The number of piperidine rings is 1. The summed E-state index contributed by atoms with van der Waals surface area (Å²) in [5.41, 5.74) is 0. The molecular weight excluding hydrogens is 264 g/mol. The molecule has 2 aliphatic heterocycles. The van der Waals surface area contributed by atoms with Crippen LogP contribution in [0.15, 0.2) is 0 Å². The fourth-order valence-electron chi connectivity index (χ4n) is 3.69. The first-order chi connectivity index (χ1) is 8.84. The fraction of sp³-hybridized carbons (Fsp3) is 0.929. The molecule has 1 amide bonds. The summed E-state index contributed by atoms with van der Waals surface area (Å²) in [6, 6.07) is 0.382. The molecule has 19 heavy (non-hydrogen) atoms. The van der Waals surface area contributed by atoms with Gasteiger partial charge in [-0.2, -0.15) is 0 Å². The number of carbonyl (C=O) groups excluding carboxylic acids is 1. The van der Waals surface area contributed by atoms with E-state index in [1.807, 2.05) is 0 Å². The number of ether oxygens (including phenoxy) is 1. The summed E-state index contributed by atoms with van der Waals surface area (Å²) in [4.78, 5) is 14.6.